The Labute approximate surface area is 166 Å². The molecule has 2 heterocycles. The Hall–Kier alpha value is -3.45. The quantitative estimate of drug-likeness (QED) is 0.545. The lowest BCUT2D eigenvalue weighted by molar-refractivity contribution is 0.155. The van der Waals surface area contributed by atoms with Crippen LogP contribution < -0.4 is 10.3 Å². The Morgan fingerprint density at radius 2 is 1.83 bits per heavy atom. The van der Waals surface area contributed by atoms with Crippen LogP contribution in [-0.2, 0) is 6.54 Å². The number of aliphatic hydroxyl groups excluding tert-OH is 1. The van der Waals surface area contributed by atoms with Crippen LogP contribution in [0.5, 0.6) is 5.75 Å². The molecule has 148 valence electrons. The molecule has 1 unspecified atom stereocenters. The van der Waals surface area contributed by atoms with Gasteiger partial charge in [-0.3, -0.25) is 4.79 Å². The summed E-state index contributed by atoms with van der Waals surface area (Å²) < 4.78 is 21.5. The van der Waals surface area contributed by atoms with Crippen LogP contribution in [0.2, 0.25) is 0 Å². The highest BCUT2D eigenvalue weighted by Crippen LogP contribution is 2.22. The number of fused-ring (bicyclic) bond motifs is 1. The van der Waals surface area contributed by atoms with Crippen LogP contribution in [-0.4, -0.2) is 25.9 Å². The minimum absolute atomic E-state index is 0.0601. The predicted molar refractivity (Wildman–Crippen MR) is 107 cm³/mol. The number of ether oxygens (including phenoxy) is 1. The zero-order valence-corrected chi connectivity index (χ0v) is 15.8. The second kappa shape index (κ2) is 7.89. The summed E-state index contributed by atoms with van der Waals surface area (Å²) in [5.74, 6) is 0.401. The van der Waals surface area contributed by atoms with E-state index in [-0.39, 0.29) is 17.9 Å². The lowest BCUT2D eigenvalue weighted by Gasteiger charge is -2.13. The monoisotopic (exact) mass is 393 g/mol. The molecule has 4 aromatic rings. The van der Waals surface area contributed by atoms with Crippen LogP contribution in [0.15, 0.2) is 71.8 Å². The molecule has 0 spiro atoms. The summed E-state index contributed by atoms with van der Waals surface area (Å²) in [6.45, 7) is 2.58. The van der Waals surface area contributed by atoms with Gasteiger partial charge in [-0.25, -0.2) is 8.91 Å². The fourth-order valence-corrected chi connectivity index (χ4v) is 3.18. The van der Waals surface area contributed by atoms with Crippen molar-refractivity contribution in [3.8, 4) is 17.0 Å². The van der Waals surface area contributed by atoms with Gasteiger partial charge in [0, 0.05) is 18.0 Å². The number of nitrogens with zero attached hydrogens (tertiary/aromatic N) is 3. The first kappa shape index (κ1) is 18.9. The van der Waals surface area contributed by atoms with Crippen molar-refractivity contribution in [2.24, 2.45) is 0 Å². The van der Waals surface area contributed by atoms with Crippen molar-refractivity contribution in [2.45, 2.75) is 19.6 Å². The Morgan fingerprint density at radius 3 is 2.52 bits per heavy atom. The summed E-state index contributed by atoms with van der Waals surface area (Å²) >= 11 is 0. The van der Waals surface area contributed by atoms with Crippen molar-refractivity contribution in [3.05, 3.63) is 88.7 Å². The van der Waals surface area contributed by atoms with E-state index in [1.54, 1.807) is 18.5 Å². The standard InChI is InChI=1S/C22H20FN3O3/c1-2-29-18-9-5-15(6-10-18)19-13-20-22(28)25(11-12-26(20)24-19)14-21(27)16-3-7-17(23)8-4-16/h3-13,21,27H,2,14H2,1H3. The number of aromatic nitrogens is 3. The molecular formula is C22H20FN3O3. The molecule has 0 radical (unpaired) electrons. The van der Waals surface area contributed by atoms with Gasteiger partial charge in [0.05, 0.1) is 24.9 Å². The molecule has 4 rings (SSSR count). The summed E-state index contributed by atoms with van der Waals surface area (Å²) in [6.07, 6.45) is 2.33. The van der Waals surface area contributed by atoms with Crippen LogP contribution >= 0.6 is 0 Å². The maximum atomic E-state index is 13.1. The molecule has 0 saturated heterocycles. The number of aliphatic hydroxyl groups is 1. The average Bonchev–Trinajstić information content (AvgIpc) is 3.16. The van der Waals surface area contributed by atoms with Crippen molar-refractivity contribution in [3.63, 3.8) is 0 Å². The minimum Gasteiger partial charge on any atom is -0.494 e. The van der Waals surface area contributed by atoms with Gasteiger partial charge in [0.15, 0.2) is 0 Å². The van der Waals surface area contributed by atoms with Crippen molar-refractivity contribution >= 4 is 5.52 Å². The molecule has 29 heavy (non-hydrogen) atoms. The van der Waals surface area contributed by atoms with Crippen LogP contribution in [0.4, 0.5) is 4.39 Å². The van der Waals surface area contributed by atoms with Crippen molar-refractivity contribution in [1.82, 2.24) is 14.2 Å². The molecule has 0 aliphatic rings. The SMILES string of the molecule is CCOc1ccc(-c2cc3c(=O)n(CC(O)c4ccc(F)cc4)ccn3n2)cc1. The molecule has 7 heteroatoms. The van der Waals surface area contributed by atoms with Crippen molar-refractivity contribution in [2.75, 3.05) is 6.61 Å². The van der Waals surface area contributed by atoms with E-state index < -0.39 is 6.10 Å². The molecule has 0 fully saturated rings. The van der Waals surface area contributed by atoms with Crippen LogP contribution in [0, 0.1) is 5.82 Å². The topological polar surface area (TPSA) is 68.8 Å². The third-order valence-electron chi connectivity index (χ3n) is 4.69. The second-order valence-corrected chi connectivity index (χ2v) is 6.64. The highest BCUT2D eigenvalue weighted by atomic mass is 19.1. The molecule has 0 aliphatic heterocycles. The second-order valence-electron chi connectivity index (χ2n) is 6.64. The molecule has 1 atom stereocenters. The number of hydrogen-bond acceptors (Lipinski definition) is 4. The van der Waals surface area contributed by atoms with E-state index in [1.165, 1.54) is 33.3 Å². The third kappa shape index (κ3) is 3.90. The van der Waals surface area contributed by atoms with Crippen LogP contribution in [0.1, 0.15) is 18.6 Å². The molecular weight excluding hydrogens is 373 g/mol. The molecule has 6 nitrogen and oxygen atoms in total. The van der Waals surface area contributed by atoms with Crippen molar-refractivity contribution in [1.29, 1.82) is 0 Å². The maximum absolute atomic E-state index is 13.1. The first-order valence-corrected chi connectivity index (χ1v) is 9.30. The summed E-state index contributed by atoms with van der Waals surface area (Å²) in [6, 6.07) is 14.8. The van der Waals surface area contributed by atoms with E-state index >= 15 is 0 Å². The first-order valence-electron chi connectivity index (χ1n) is 9.30. The van der Waals surface area contributed by atoms with E-state index in [0.717, 1.165) is 11.3 Å². The summed E-state index contributed by atoms with van der Waals surface area (Å²) in [4.78, 5) is 12.8. The van der Waals surface area contributed by atoms with Crippen molar-refractivity contribution < 1.29 is 14.2 Å². The maximum Gasteiger partial charge on any atom is 0.276 e. The van der Waals surface area contributed by atoms with Gasteiger partial charge < -0.3 is 14.4 Å². The largest absolute Gasteiger partial charge is 0.494 e. The highest BCUT2D eigenvalue weighted by Gasteiger charge is 2.13. The average molecular weight is 393 g/mol. The molecule has 0 amide bonds. The zero-order chi connectivity index (χ0) is 20.4. The highest BCUT2D eigenvalue weighted by molar-refractivity contribution is 5.66. The van der Waals surface area contributed by atoms with Gasteiger partial charge in [0.2, 0.25) is 0 Å². The van der Waals surface area contributed by atoms with E-state index in [0.29, 0.717) is 23.4 Å². The first-order chi connectivity index (χ1) is 14.0. The molecule has 2 aromatic heterocycles. The number of halogens is 1. The van der Waals surface area contributed by atoms with E-state index in [9.17, 15) is 14.3 Å². The zero-order valence-electron chi connectivity index (χ0n) is 15.8. The fourth-order valence-electron chi connectivity index (χ4n) is 3.18. The lowest BCUT2D eigenvalue weighted by atomic mass is 10.1. The Morgan fingerprint density at radius 1 is 1.10 bits per heavy atom. The van der Waals surface area contributed by atoms with Gasteiger partial charge in [-0.2, -0.15) is 5.10 Å². The van der Waals surface area contributed by atoms with Crippen LogP contribution in [0.25, 0.3) is 16.8 Å². The van der Waals surface area contributed by atoms with Gasteiger partial charge >= 0.3 is 0 Å². The molecule has 0 aliphatic carbocycles. The van der Waals surface area contributed by atoms with Gasteiger partial charge in [-0.05, 0) is 55.0 Å². The van der Waals surface area contributed by atoms with E-state index in [2.05, 4.69) is 5.10 Å². The number of hydrogen-bond donors (Lipinski definition) is 1. The van der Waals surface area contributed by atoms with Crippen LogP contribution in [0.3, 0.4) is 0 Å². The van der Waals surface area contributed by atoms with Gasteiger partial charge in [-0.15, -0.1) is 0 Å². The Bertz CT molecular complexity index is 1180. The van der Waals surface area contributed by atoms with Gasteiger partial charge in [0.25, 0.3) is 5.56 Å². The molecule has 0 saturated carbocycles. The third-order valence-corrected chi connectivity index (χ3v) is 4.69. The normalized spacial score (nSPS) is 12.2. The van der Waals surface area contributed by atoms with Gasteiger partial charge in [-0.1, -0.05) is 12.1 Å². The molecule has 0 bridgehead atoms. The van der Waals surface area contributed by atoms with E-state index in [4.69, 9.17) is 4.74 Å². The summed E-state index contributed by atoms with van der Waals surface area (Å²) in [7, 11) is 0. The fraction of sp³-hybridized carbons (Fsp3) is 0.182. The predicted octanol–water partition coefficient (Wildman–Crippen LogP) is 3.43. The smallest absolute Gasteiger partial charge is 0.276 e. The lowest BCUT2D eigenvalue weighted by Crippen LogP contribution is -2.24. The molecule has 1 N–H and O–H groups in total. The molecule has 2 aromatic carbocycles. The minimum atomic E-state index is -0.927. The summed E-state index contributed by atoms with van der Waals surface area (Å²) in [5, 5.41) is 14.9. The van der Waals surface area contributed by atoms with Gasteiger partial charge in [0.1, 0.15) is 17.1 Å². The Balaban J connectivity index is 1.62. The van der Waals surface area contributed by atoms with E-state index in [1.807, 2.05) is 31.2 Å². The number of rotatable bonds is 6. The summed E-state index contributed by atoms with van der Waals surface area (Å²) in [5.41, 5.74) is 2.22. The Kier molecular flexibility index (Phi) is 5.14. The number of benzene rings is 2.